The first-order chi connectivity index (χ1) is 25.8. The average Bonchev–Trinajstić information content (AvgIpc) is 3.20. The van der Waals surface area contributed by atoms with Crippen molar-refractivity contribution in [1.29, 1.82) is 0 Å². The van der Waals surface area contributed by atoms with Crippen molar-refractivity contribution in [1.82, 2.24) is 0 Å². The second-order valence-electron chi connectivity index (χ2n) is 13.5. The standard InChI is InChI=1S/C40H52O13/c1-39(44-4)40(2,45-5)53-34-32(52-39)30(22-42)49-37(43-3)36(34)51-38-35(48-25-28-19-13-8-14-20-28)33(47-24-27-17-11-7-12-18-27)31(29(21-41)50-38)46-23-26-15-9-6-10-16-26/h6-20,29-38,41-42H,21-25H2,1-5H3/t29-,30-,31-,32-,33+,34+,35-,36+,37+,38?,39-,40-/m1/s1. The van der Waals surface area contributed by atoms with Crippen molar-refractivity contribution in [3.63, 3.8) is 0 Å². The molecule has 3 heterocycles. The van der Waals surface area contributed by atoms with Crippen molar-refractivity contribution in [2.24, 2.45) is 0 Å². The van der Waals surface area contributed by atoms with E-state index < -0.39 is 86.2 Å². The molecule has 0 radical (unpaired) electrons. The summed E-state index contributed by atoms with van der Waals surface area (Å²) in [6.07, 6.45) is -9.26. The predicted molar refractivity (Wildman–Crippen MR) is 189 cm³/mol. The van der Waals surface area contributed by atoms with E-state index in [0.717, 1.165) is 16.7 Å². The van der Waals surface area contributed by atoms with E-state index >= 15 is 0 Å². The second-order valence-corrected chi connectivity index (χ2v) is 13.5. The monoisotopic (exact) mass is 740 g/mol. The van der Waals surface area contributed by atoms with Gasteiger partial charge in [0.1, 0.15) is 48.8 Å². The minimum absolute atomic E-state index is 0.191. The highest BCUT2D eigenvalue weighted by atomic mass is 16.8. The van der Waals surface area contributed by atoms with Crippen LogP contribution in [0, 0.1) is 0 Å². The van der Waals surface area contributed by atoms with E-state index in [9.17, 15) is 10.2 Å². The van der Waals surface area contributed by atoms with E-state index in [1.807, 2.05) is 91.0 Å². The lowest BCUT2D eigenvalue weighted by Gasteiger charge is -2.57. The van der Waals surface area contributed by atoms with Crippen molar-refractivity contribution in [2.45, 2.75) is 107 Å². The zero-order chi connectivity index (χ0) is 37.4. The van der Waals surface area contributed by atoms with Crippen molar-refractivity contribution in [3.05, 3.63) is 108 Å². The normalized spacial score (nSPS) is 35.8. The smallest absolute Gasteiger partial charge is 0.220 e. The summed E-state index contributed by atoms with van der Waals surface area (Å²) in [5.74, 6) is -2.80. The van der Waals surface area contributed by atoms with Crippen LogP contribution in [0.4, 0.5) is 0 Å². The highest BCUT2D eigenvalue weighted by Gasteiger charge is 2.63. The van der Waals surface area contributed by atoms with Crippen LogP contribution < -0.4 is 0 Å². The van der Waals surface area contributed by atoms with E-state index in [-0.39, 0.29) is 19.8 Å². The van der Waals surface area contributed by atoms with Gasteiger partial charge in [0.25, 0.3) is 0 Å². The lowest BCUT2D eigenvalue weighted by atomic mass is 9.93. The lowest BCUT2D eigenvalue weighted by molar-refractivity contribution is -0.486. The van der Waals surface area contributed by atoms with E-state index in [1.54, 1.807) is 13.8 Å². The van der Waals surface area contributed by atoms with Crippen LogP contribution in [0.3, 0.4) is 0 Å². The number of methoxy groups -OCH3 is 3. The summed E-state index contributed by atoms with van der Waals surface area (Å²) in [5.41, 5.74) is 2.79. The Bertz CT molecular complexity index is 1520. The summed E-state index contributed by atoms with van der Waals surface area (Å²) in [4.78, 5) is 0. The molecule has 0 aliphatic carbocycles. The van der Waals surface area contributed by atoms with Crippen molar-refractivity contribution in [3.8, 4) is 0 Å². The molecule has 0 bridgehead atoms. The topological polar surface area (TPSA) is 142 Å². The maximum Gasteiger partial charge on any atom is 0.220 e. The largest absolute Gasteiger partial charge is 0.394 e. The van der Waals surface area contributed by atoms with Crippen molar-refractivity contribution >= 4 is 0 Å². The van der Waals surface area contributed by atoms with Crippen LogP contribution in [0.25, 0.3) is 0 Å². The van der Waals surface area contributed by atoms with Gasteiger partial charge in [-0.05, 0) is 30.5 Å². The molecule has 0 spiro atoms. The van der Waals surface area contributed by atoms with Crippen LogP contribution in [0.5, 0.6) is 0 Å². The Morgan fingerprint density at radius 3 is 1.42 bits per heavy atom. The Morgan fingerprint density at radius 2 is 0.962 bits per heavy atom. The Balaban J connectivity index is 1.36. The number of hydrogen-bond acceptors (Lipinski definition) is 13. The Morgan fingerprint density at radius 1 is 0.528 bits per heavy atom. The van der Waals surface area contributed by atoms with Gasteiger partial charge in [-0.25, -0.2) is 0 Å². The minimum Gasteiger partial charge on any atom is -0.394 e. The van der Waals surface area contributed by atoms with Crippen LogP contribution in [-0.4, -0.2) is 118 Å². The number of aliphatic hydroxyl groups excluding tert-OH is 2. The third kappa shape index (κ3) is 8.84. The van der Waals surface area contributed by atoms with Crippen LogP contribution in [0.15, 0.2) is 91.0 Å². The third-order valence-electron chi connectivity index (χ3n) is 10.2. The molecule has 0 saturated carbocycles. The molecule has 0 amide bonds. The predicted octanol–water partition coefficient (Wildman–Crippen LogP) is 3.72. The maximum absolute atomic E-state index is 10.8. The van der Waals surface area contributed by atoms with Gasteiger partial charge in [-0.3, -0.25) is 0 Å². The zero-order valence-electron chi connectivity index (χ0n) is 30.9. The summed E-state index contributed by atoms with van der Waals surface area (Å²) >= 11 is 0. The van der Waals surface area contributed by atoms with Gasteiger partial charge in [0.05, 0.1) is 33.0 Å². The van der Waals surface area contributed by atoms with E-state index in [4.69, 9.17) is 52.1 Å². The first-order valence-electron chi connectivity index (χ1n) is 17.9. The molecule has 1 unspecified atom stereocenters. The number of aliphatic hydroxyl groups is 2. The third-order valence-corrected chi connectivity index (χ3v) is 10.2. The van der Waals surface area contributed by atoms with Gasteiger partial charge < -0.3 is 62.3 Å². The second kappa shape index (κ2) is 18.2. The van der Waals surface area contributed by atoms with Gasteiger partial charge in [0.2, 0.25) is 11.6 Å². The molecule has 53 heavy (non-hydrogen) atoms. The Labute approximate surface area is 310 Å². The van der Waals surface area contributed by atoms with Gasteiger partial charge in [-0.2, -0.15) is 0 Å². The Hall–Kier alpha value is -2.86. The van der Waals surface area contributed by atoms with Crippen molar-refractivity contribution < 1.29 is 62.3 Å². The number of benzene rings is 3. The molecule has 3 aliphatic rings. The SMILES string of the molecule is CO[C@H]1O[C@H](CO)[C@H]2O[C@@](C)(OC)[C@](C)(OC)O[C@@H]2[C@@H]1OC1O[C@H](CO)[C@@H](OCc2ccccc2)[C@H](OCc2ccccc2)[C@H]1OCc1ccccc1. The highest BCUT2D eigenvalue weighted by Crippen LogP contribution is 2.45. The molecule has 3 aromatic rings. The summed E-state index contributed by atoms with van der Waals surface area (Å²) in [6.45, 7) is 3.23. The molecule has 290 valence electrons. The molecule has 3 saturated heterocycles. The fourth-order valence-corrected chi connectivity index (χ4v) is 6.99. The first-order valence-corrected chi connectivity index (χ1v) is 17.9. The van der Waals surface area contributed by atoms with E-state index in [0.29, 0.717) is 0 Å². The lowest BCUT2D eigenvalue weighted by Crippen LogP contribution is -2.74. The quantitative estimate of drug-likeness (QED) is 0.221. The van der Waals surface area contributed by atoms with Crippen LogP contribution >= 0.6 is 0 Å². The summed E-state index contributed by atoms with van der Waals surface area (Å²) in [5, 5.41) is 21.2. The average molecular weight is 741 g/mol. The minimum atomic E-state index is -1.41. The Kier molecular flexibility index (Phi) is 13.7. The first kappa shape index (κ1) is 39.8. The molecule has 6 rings (SSSR count). The molecule has 3 aliphatic heterocycles. The molecule has 12 atom stereocenters. The van der Waals surface area contributed by atoms with Gasteiger partial charge in [-0.15, -0.1) is 0 Å². The molecule has 2 N–H and O–H groups in total. The van der Waals surface area contributed by atoms with Gasteiger partial charge in [-0.1, -0.05) is 91.0 Å². The van der Waals surface area contributed by atoms with Crippen LogP contribution in [0.2, 0.25) is 0 Å². The van der Waals surface area contributed by atoms with Gasteiger partial charge in [0.15, 0.2) is 12.6 Å². The molecular formula is C40H52O13. The summed E-state index contributed by atoms with van der Waals surface area (Å²) in [6, 6.07) is 29.2. The maximum atomic E-state index is 10.8. The van der Waals surface area contributed by atoms with Crippen molar-refractivity contribution in [2.75, 3.05) is 34.5 Å². The summed E-state index contributed by atoms with van der Waals surface area (Å²) < 4.78 is 70.0. The number of hydrogen-bond donors (Lipinski definition) is 2. The highest BCUT2D eigenvalue weighted by molar-refractivity contribution is 5.16. The van der Waals surface area contributed by atoms with Gasteiger partial charge in [0, 0.05) is 21.3 Å². The fraction of sp³-hybridized carbons (Fsp3) is 0.550. The van der Waals surface area contributed by atoms with Crippen LogP contribution in [-0.2, 0) is 71.9 Å². The van der Waals surface area contributed by atoms with E-state index in [1.165, 1.54) is 21.3 Å². The molecule has 13 nitrogen and oxygen atoms in total. The van der Waals surface area contributed by atoms with Crippen LogP contribution in [0.1, 0.15) is 30.5 Å². The van der Waals surface area contributed by atoms with E-state index in [2.05, 4.69) is 0 Å². The molecule has 13 heteroatoms. The fourth-order valence-electron chi connectivity index (χ4n) is 6.99. The molecule has 3 fully saturated rings. The summed E-state index contributed by atoms with van der Waals surface area (Å²) in [7, 11) is 4.44. The zero-order valence-corrected chi connectivity index (χ0v) is 30.9. The molecular weight excluding hydrogens is 688 g/mol. The van der Waals surface area contributed by atoms with Gasteiger partial charge >= 0.3 is 0 Å². The molecule has 3 aromatic carbocycles. The number of rotatable bonds is 16. The number of ether oxygens (including phenoxy) is 11. The molecule has 0 aromatic heterocycles. The number of fused-ring (bicyclic) bond motifs is 1.